The van der Waals surface area contributed by atoms with Crippen molar-refractivity contribution in [2.45, 2.75) is 142 Å². The first-order valence-corrected chi connectivity index (χ1v) is 12.5. The van der Waals surface area contributed by atoms with E-state index in [1.54, 1.807) is 0 Å². The van der Waals surface area contributed by atoms with E-state index < -0.39 is 6.10 Å². The molecule has 0 bridgehead atoms. The maximum atomic E-state index is 12.2. The average Bonchev–Trinajstić information content (AvgIpc) is 2.70. The van der Waals surface area contributed by atoms with Crippen LogP contribution < -0.4 is 0 Å². The van der Waals surface area contributed by atoms with E-state index in [9.17, 15) is 9.90 Å². The summed E-state index contributed by atoms with van der Waals surface area (Å²) in [4.78, 5) is 12.2. The van der Waals surface area contributed by atoms with Crippen LogP contribution in [0.25, 0.3) is 0 Å². The van der Waals surface area contributed by atoms with Crippen LogP contribution in [-0.4, -0.2) is 23.8 Å². The third kappa shape index (κ3) is 18.8. The molecule has 2 atom stereocenters. The second-order valence-electron chi connectivity index (χ2n) is 8.64. The van der Waals surface area contributed by atoms with Gasteiger partial charge in [0.1, 0.15) is 6.61 Å². The van der Waals surface area contributed by atoms with E-state index in [0.717, 1.165) is 12.8 Å². The van der Waals surface area contributed by atoms with Crippen molar-refractivity contribution in [3.05, 3.63) is 0 Å². The van der Waals surface area contributed by atoms with Crippen LogP contribution in [0.5, 0.6) is 0 Å². The van der Waals surface area contributed by atoms with Crippen LogP contribution in [0, 0.1) is 5.92 Å². The number of hydrogen-bond acceptors (Lipinski definition) is 3. The molecule has 0 radical (unpaired) electrons. The molecular formula is C25H50O3. The number of hydrogen-bond donors (Lipinski definition) is 1. The maximum absolute atomic E-state index is 12.2. The molecule has 168 valence electrons. The molecule has 0 spiro atoms. The van der Waals surface area contributed by atoms with E-state index >= 15 is 0 Å². The molecule has 0 rings (SSSR count). The van der Waals surface area contributed by atoms with E-state index in [2.05, 4.69) is 13.8 Å². The zero-order valence-corrected chi connectivity index (χ0v) is 19.4. The predicted molar refractivity (Wildman–Crippen MR) is 121 cm³/mol. The van der Waals surface area contributed by atoms with Gasteiger partial charge in [-0.05, 0) is 25.2 Å². The molecule has 0 aliphatic rings. The predicted octanol–water partition coefficient (Wildman–Crippen LogP) is 7.59. The Kier molecular flexibility index (Phi) is 20.7. The second-order valence-corrected chi connectivity index (χ2v) is 8.64. The Hall–Kier alpha value is -0.570. The molecule has 28 heavy (non-hydrogen) atoms. The largest absolute Gasteiger partial charge is 0.463 e. The van der Waals surface area contributed by atoms with Gasteiger partial charge < -0.3 is 9.84 Å². The Balaban J connectivity index is 4.04. The first-order chi connectivity index (χ1) is 13.6. The number of aliphatic hydroxyl groups is 1. The van der Waals surface area contributed by atoms with Gasteiger partial charge in [0.2, 0.25) is 0 Å². The summed E-state index contributed by atoms with van der Waals surface area (Å²) < 4.78 is 5.28. The minimum Gasteiger partial charge on any atom is -0.463 e. The lowest BCUT2D eigenvalue weighted by Gasteiger charge is -2.17. The molecule has 0 aromatic carbocycles. The van der Waals surface area contributed by atoms with Gasteiger partial charge in [0.15, 0.2) is 0 Å². The highest BCUT2D eigenvalue weighted by Crippen LogP contribution is 2.23. The van der Waals surface area contributed by atoms with Crippen LogP contribution in [0.1, 0.15) is 136 Å². The highest BCUT2D eigenvalue weighted by atomic mass is 16.5. The lowest BCUT2D eigenvalue weighted by molar-refractivity contribution is -0.147. The fourth-order valence-electron chi connectivity index (χ4n) is 3.73. The SMILES string of the molecule is CCCCCCCCCCC(CCCCCCCC)CC(=O)OCC(O)CC. The monoisotopic (exact) mass is 398 g/mol. The van der Waals surface area contributed by atoms with Crippen LogP contribution in [0.2, 0.25) is 0 Å². The zero-order chi connectivity index (χ0) is 20.9. The summed E-state index contributed by atoms with van der Waals surface area (Å²) in [5.41, 5.74) is 0. The van der Waals surface area contributed by atoms with E-state index in [0.29, 0.717) is 18.8 Å². The van der Waals surface area contributed by atoms with Gasteiger partial charge in [0, 0.05) is 6.42 Å². The number of carbonyl (C=O) groups excluding carboxylic acids is 1. The summed E-state index contributed by atoms with van der Waals surface area (Å²) >= 11 is 0. The average molecular weight is 399 g/mol. The first-order valence-electron chi connectivity index (χ1n) is 12.5. The lowest BCUT2D eigenvalue weighted by atomic mass is 9.91. The Labute approximate surface area is 176 Å². The van der Waals surface area contributed by atoms with Crippen LogP contribution in [0.3, 0.4) is 0 Å². The Morgan fingerprint density at radius 1 is 0.714 bits per heavy atom. The van der Waals surface area contributed by atoms with E-state index in [1.807, 2.05) is 6.92 Å². The summed E-state index contributed by atoms with van der Waals surface area (Å²) in [5.74, 6) is 0.334. The lowest BCUT2D eigenvalue weighted by Crippen LogP contribution is -2.19. The molecule has 0 fully saturated rings. The third-order valence-corrected chi connectivity index (χ3v) is 5.80. The van der Waals surface area contributed by atoms with Crippen LogP contribution in [0.15, 0.2) is 0 Å². The number of carbonyl (C=O) groups is 1. The maximum Gasteiger partial charge on any atom is 0.306 e. The fraction of sp³-hybridized carbons (Fsp3) is 0.960. The molecule has 3 nitrogen and oxygen atoms in total. The molecule has 0 aliphatic carbocycles. The van der Waals surface area contributed by atoms with Gasteiger partial charge >= 0.3 is 5.97 Å². The summed E-state index contributed by atoms with van der Waals surface area (Å²) in [6.07, 6.45) is 21.4. The van der Waals surface area contributed by atoms with Crippen molar-refractivity contribution in [1.29, 1.82) is 0 Å². The summed E-state index contributed by atoms with van der Waals surface area (Å²) in [6.45, 7) is 6.57. The summed E-state index contributed by atoms with van der Waals surface area (Å²) in [5, 5.41) is 9.59. The van der Waals surface area contributed by atoms with Gasteiger partial charge in [-0.15, -0.1) is 0 Å². The van der Waals surface area contributed by atoms with Gasteiger partial charge in [0.25, 0.3) is 0 Å². The summed E-state index contributed by atoms with van der Waals surface area (Å²) in [7, 11) is 0. The highest BCUT2D eigenvalue weighted by molar-refractivity contribution is 5.69. The Morgan fingerprint density at radius 2 is 1.14 bits per heavy atom. The van der Waals surface area contributed by atoms with Crippen molar-refractivity contribution in [2.24, 2.45) is 5.92 Å². The molecule has 0 heterocycles. The van der Waals surface area contributed by atoms with Gasteiger partial charge in [0.05, 0.1) is 6.10 Å². The molecule has 0 aromatic rings. The Bertz CT molecular complexity index is 330. The van der Waals surface area contributed by atoms with Crippen LogP contribution >= 0.6 is 0 Å². The molecule has 0 saturated heterocycles. The molecule has 0 amide bonds. The van der Waals surface area contributed by atoms with Crippen molar-refractivity contribution in [3.8, 4) is 0 Å². The molecule has 0 saturated carbocycles. The molecular weight excluding hydrogens is 348 g/mol. The van der Waals surface area contributed by atoms with Gasteiger partial charge in [-0.1, -0.05) is 111 Å². The van der Waals surface area contributed by atoms with Crippen molar-refractivity contribution < 1.29 is 14.6 Å². The standard InChI is InChI=1S/C25H50O3/c1-4-7-9-11-13-14-16-18-20-23(19-17-15-12-10-8-5-2)21-25(27)28-22-24(26)6-3/h23-24,26H,4-22H2,1-3H3. The third-order valence-electron chi connectivity index (χ3n) is 5.80. The van der Waals surface area contributed by atoms with E-state index in [1.165, 1.54) is 89.9 Å². The molecule has 2 unspecified atom stereocenters. The van der Waals surface area contributed by atoms with Gasteiger partial charge in [-0.2, -0.15) is 0 Å². The topological polar surface area (TPSA) is 46.5 Å². The van der Waals surface area contributed by atoms with Crippen molar-refractivity contribution in [2.75, 3.05) is 6.61 Å². The van der Waals surface area contributed by atoms with E-state index in [4.69, 9.17) is 4.74 Å². The number of rotatable bonds is 21. The van der Waals surface area contributed by atoms with Crippen LogP contribution in [0.4, 0.5) is 0 Å². The van der Waals surface area contributed by atoms with Crippen LogP contribution in [-0.2, 0) is 9.53 Å². The fourth-order valence-corrected chi connectivity index (χ4v) is 3.73. The number of unbranched alkanes of at least 4 members (excludes halogenated alkanes) is 12. The van der Waals surface area contributed by atoms with E-state index in [-0.39, 0.29) is 12.6 Å². The molecule has 0 aromatic heterocycles. The van der Waals surface area contributed by atoms with Crippen molar-refractivity contribution in [1.82, 2.24) is 0 Å². The number of ether oxygens (including phenoxy) is 1. The summed E-state index contributed by atoms with van der Waals surface area (Å²) in [6, 6.07) is 0. The quantitative estimate of drug-likeness (QED) is 0.160. The highest BCUT2D eigenvalue weighted by Gasteiger charge is 2.16. The number of esters is 1. The Morgan fingerprint density at radius 3 is 1.57 bits per heavy atom. The molecule has 0 aliphatic heterocycles. The smallest absolute Gasteiger partial charge is 0.306 e. The zero-order valence-electron chi connectivity index (χ0n) is 19.4. The van der Waals surface area contributed by atoms with Gasteiger partial charge in [-0.25, -0.2) is 0 Å². The van der Waals surface area contributed by atoms with Crippen molar-refractivity contribution in [3.63, 3.8) is 0 Å². The second kappa shape index (κ2) is 21.1. The molecule has 1 N–H and O–H groups in total. The van der Waals surface area contributed by atoms with Crippen molar-refractivity contribution >= 4 is 5.97 Å². The minimum absolute atomic E-state index is 0.122. The molecule has 3 heteroatoms. The van der Waals surface area contributed by atoms with Gasteiger partial charge in [-0.3, -0.25) is 4.79 Å². The number of aliphatic hydroxyl groups excluding tert-OH is 1. The first kappa shape index (κ1) is 27.4. The normalized spacial score (nSPS) is 13.4. The minimum atomic E-state index is -0.520.